The Bertz CT molecular complexity index is 772. The number of nitrogens with one attached hydrogen (secondary N) is 1. The molecule has 26 heavy (non-hydrogen) atoms. The molecule has 1 aromatic carbocycles. The highest BCUT2D eigenvalue weighted by Gasteiger charge is 2.23. The number of aromatic nitrogens is 2. The number of fused-ring (bicyclic) bond motifs is 1. The first kappa shape index (κ1) is 18.1. The van der Waals surface area contributed by atoms with E-state index in [9.17, 15) is 4.79 Å². The van der Waals surface area contributed by atoms with Crippen molar-refractivity contribution in [3.63, 3.8) is 0 Å². The molecular weight excluding hydrogens is 332 g/mol. The van der Waals surface area contributed by atoms with Crippen LogP contribution in [-0.4, -0.2) is 40.2 Å². The van der Waals surface area contributed by atoms with Crippen LogP contribution in [0.15, 0.2) is 24.7 Å². The third-order valence-electron chi connectivity index (χ3n) is 4.50. The Hall–Kier alpha value is -2.70. The van der Waals surface area contributed by atoms with Gasteiger partial charge in [-0.1, -0.05) is 0 Å². The molecule has 2 amide bonds. The van der Waals surface area contributed by atoms with E-state index in [1.54, 1.807) is 12.5 Å². The summed E-state index contributed by atoms with van der Waals surface area (Å²) in [4.78, 5) is 18.4. The molecule has 0 atom stereocenters. The Morgan fingerprint density at radius 2 is 1.88 bits per heavy atom. The lowest BCUT2D eigenvalue weighted by Crippen LogP contribution is -2.42. The van der Waals surface area contributed by atoms with Crippen LogP contribution in [0.4, 0.5) is 4.79 Å². The van der Waals surface area contributed by atoms with Gasteiger partial charge >= 0.3 is 6.03 Å². The summed E-state index contributed by atoms with van der Waals surface area (Å²) in [6, 6.07) is 3.99. The zero-order valence-electron chi connectivity index (χ0n) is 15.6. The summed E-state index contributed by atoms with van der Waals surface area (Å²) in [5.41, 5.74) is 3.29. The minimum atomic E-state index is -0.0660. The molecule has 3 rings (SSSR count). The van der Waals surface area contributed by atoms with Gasteiger partial charge in [-0.15, -0.1) is 0 Å². The summed E-state index contributed by atoms with van der Waals surface area (Å²) < 4.78 is 13.3. The van der Waals surface area contributed by atoms with E-state index in [0.717, 1.165) is 29.2 Å². The smallest absolute Gasteiger partial charge is 0.318 e. The number of imidazole rings is 1. The van der Waals surface area contributed by atoms with Gasteiger partial charge in [0, 0.05) is 26.3 Å². The van der Waals surface area contributed by atoms with E-state index in [4.69, 9.17) is 9.47 Å². The van der Waals surface area contributed by atoms with Crippen molar-refractivity contribution in [1.82, 2.24) is 19.8 Å². The van der Waals surface area contributed by atoms with Crippen LogP contribution in [0.3, 0.4) is 0 Å². The highest BCUT2D eigenvalue weighted by Crippen LogP contribution is 2.33. The molecule has 0 fully saturated rings. The van der Waals surface area contributed by atoms with Gasteiger partial charge in [0.2, 0.25) is 0 Å². The summed E-state index contributed by atoms with van der Waals surface area (Å²) in [5.74, 6) is 1.52. The second kappa shape index (κ2) is 8.12. The fraction of sp³-hybridized carbons (Fsp3) is 0.474. The topological polar surface area (TPSA) is 68.6 Å². The summed E-state index contributed by atoms with van der Waals surface area (Å²) in [6.45, 7) is 6.81. The van der Waals surface area contributed by atoms with Crippen molar-refractivity contribution in [1.29, 1.82) is 0 Å². The maximum Gasteiger partial charge on any atom is 0.318 e. The first-order valence-corrected chi connectivity index (χ1v) is 9.01. The van der Waals surface area contributed by atoms with E-state index in [0.29, 0.717) is 32.8 Å². The number of carbonyl (C=O) groups excluding carboxylic acids is 1. The predicted molar refractivity (Wildman–Crippen MR) is 98.3 cm³/mol. The molecule has 0 radical (unpaired) electrons. The molecule has 0 unspecified atom stereocenters. The number of hydrogen-bond donors (Lipinski definition) is 1. The van der Waals surface area contributed by atoms with Gasteiger partial charge in [-0.2, -0.15) is 0 Å². The lowest BCUT2D eigenvalue weighted by atomic mass is 9.99. The number of hydrogen-bond acceptors (Lipinski definition) is 4. The largest absolute Gasteiger partial charge is 0.490 e. The van der Waals surface area contributed by atoms with Crippen LogP contribution in [0, 0.1) is 0 Å². The van der Waals surface area contributed by atoms with Gasteiger partial charge in [-0.3, -0.25) is 0 Å². The second-order valence-electron chi connectivity index (χ2n) is 6.26. The predicted octanol–water partition coefficient (Wildman–Crippen LogP) is 2.49. The van der Waals surface area contributed by atoms with E-state index in [2.05, 4.69) is 16.4 Å². The van der Waals surface area contributed by atoms with Crippen molar-refractivity contribution in [3.05, 3.63) is 41.5 Å². The highest BCUT2D eigenvalue weighted by atomic mass is 16.5. The van der Waals surface area contributed by atoms with E-state index in [1.807, 2.05) is 36.4 Å². The summed E-state index contributed by atoms with van der Waals surface area (Å²) in [6.07, 6.45) is 4.29. The van der Waals surface area contributed by atoms with Crippen molar-refractivity contribution in [2.24, 2.45) is 7.05 Å². The molecule has 1 aromatic heterocycles. The molecule has 7 nitrogen and oxygen atoms in total. The molecule has 1 N–H and O–H groups in total. The first-order valence-electron chi connectivity index (χ1n) is 9.01. The highest BCUT2D eigenvalue weighted by molar-refractivity contribution is 5.74. The first-order chi connectivity index (χ1) is 12.6. The summed E-state index contributed by atoms with van der Waals surface area (Å²) in [7, 11) is 1.91. The Morgan fingerprint density at radius 3 is 2.50 bits per heavy atom. The van der Waals surface area contributed by atoms with Crippen molar-refractivity contribution in [3.8, 4) is 11.5 Å². The van der Waals surface area contributed by atoms with Gasteiger partial charge in [0.1, 0.15) is 0 Å². The minimum absolute atomic E-state index is 0.0660. The Kier molecular flexibility index (Phi) is 5.65. The minimum Gasteiger partial charge on any atom is -0.490 e. The van der Waals surface area contributed by atoms with Gasteiger partial charge in [-0.05, 0) is 43.5 Å². The lowest BCUT2D eigenvalue weighted by Gasteiger charge is -2.30. The molecule has 7 heteroatoms. The van der Waals surface area contributed by atoms with Gasteiger partial charge in [0.15, 0.2) is 11.5 Å². The van der Waals surface area contributed by atoms with E-state index in [1.165, 1.54) is 5.56 Å². The number of amides is 2. The van der Waals surface area contributed by atoms with Gasteiger partial charge in [0.05, 0.1) is 31.8 Å². The molecule has 1 aliphatic heterocycles. The molecule has 0 saturated heterocycles. The molecule has 2 heterocycles. The summed E-state index contributed by atoms with van der Waals surface area (Å²) in [5, 5.41) is 2.97. The molecule has 2 aromatic rings. The molecule has 1 aliphatic rings. The molecule has 140 valence electrons. The Morgan fingerprint density at radius 1 is 1.19 bits per heavy atom. The van der Waals surface area contributed by atoms with Crippen LogP contribution in [0.25, 0.3) is 0 Å². The molecule has 0 aliphatic carbocycles. The second-order valence-corrected chi connectivity index (χ2v) is 6.26. The van der Waals surface area contributed by atoms with Crippen molar-refractivity contribution < 1.29 is 14.3 Å². The standard InChI is InChI=1S/C19H26N4O3/c1-4-25-17-8-14-6-7-23(12-15(14)9-18(17)26-5-2)19(24)21-11-16-10-20-13-22(16)3/h8-10,13H,4-7,11-12H2,1-3H3,(H,21,24). The number of benzene rings is 1. The number of carbonyl (C=O) groups is 1. The maximum absolute atomic E-state index is 12.5. The van der Waals surface area contributed by atoms with Crippen molar-refractivity contribution in [2.45, 2.75) is 33.4 Å². The van der Waals surface area contributed by atoms with E-state index in [-0.39, 0.29) is 6.03 Å². The van der Waals surface area contributed by atoms with Crippen LogP contribution >= 0.6 is 0 Å². The van der Waals surface area contributed by atoms with Gasteiger partial charge in [0.25, 0.3) is 0 Å². The average molecular weight is 358 g/mol. The average Bonchev–Trinajstić information content (AvgIpc) is 3.05. The normalized spacial score (nSPS) is 13.3. The van der Waals surface area contributed by atoms with E-state index < -0.39 is 0 Å². The van der Waals surface area contributed by atoms with Crippen LogP contribution in [0.5, 0.6) is 11.5 Å². The Labute approximate surface area is 153 Å². The van der Waals surface area contributed by atoms with Gasteiger partial charge in [-0.25, -0.2) is 9.78 Å². The van der Waals surface area contributed by atoms with Crippen molar-refractivity contribution in [2.75, 3.05) is 19.8 Å². The fourth-order valence-corrected chi connectivity index (χ4v) is 3.11. The van der Waals surface area contributed by atoms with E-state index >= 15 is 0 Å². The summed E-state index contributed by atoms with van der Waals surface area (Å²) >= 11 is 0. The van der Waals surface area contributed by atoms with Crippen molar-refractivity contribution >= 4 is 6.03 Å². The molecule has 0 spiro atoms. The number of nitrogens with zero attached hydrogens (tertiary/aromatic N) is 3. The maximum atomic E-state index is 12.5. The fourth-order valence-electron chi connectivity index (χ4n) is 3.11. The Balaban J connectivity index is 1.68. The number of rotatable bonds is 6. The van der Waals surface area contributed by atoms with Crippen LogP contribution in [0.2, 0.25) is 0 Å². The third kappa shape index (κ3) is 3.92. The van der Waals surface area contributed by atoms with Crippen LogP contribution < -0.4 is 14.8 Å². The lowest BCUT2D eigenvalue weighted by molar-refractivity contribution is 0.191. The zero-order chi connectivity index (χ0) is 18.5. The van der Waals surface area contributed by atoms with Crippen LogP contribution in [0.1, 0.15) is 30.7 Å². The van der Waals surface area contributed by atoms with Crippen LogP contribution in [-0.2, 0) is 26.6 Å². The molecule has 0 saturated carbocycles. The SMILES string of the molecule is CCOc1cc2c(cc1OCC)CN(C(=O)NCc1cncn1C)CC2. The third-order valence-corrected chi connectivity index (χ3v) is 4.50. The molecule has 0 bridgehead atoms. The number of ether oxygens (including phenoxy) is 2. The molecular formula is C19H26N4O3. The van der Waals surface area contributed by atoms with Gasteiger partial charge < -0.3 is 24.3 Å². The zero-order valence-corrected chi connectivity index (χ0v) is 15.6. The quantitative estimate of drug-likeness (QED) is 0.861. The number of aryl methyl sites for hydroxylation is 1. The monoisotopic (exact) mass is 358 g/mol. The number of urea groups is 1.